The summed E-state index contributed by atoms with van der Waals surface area (Å²) in [5.74, 6) is -0.841. The first kappa shape index (κ1) is 14.0. The molecule has 1 aliphatic rings. The van der Waals surface area contributed by atoms with E-state index in [-0.39, 0.29) is 0 Å². The number of aryl methyl sites for hydroxylation is 1. The molecular weight excluding hydrogens is 240 g/mol. The Kier molecular flexibility index (Phi) is 4.56. The van der Waals surface area contributed by atoms with Gasteiger partial charge in [-0.1, -0.05) is 0 Å². The highest BCUT2D eigenvalue weighted by Gasteiger charge is 2.12. The summed E-state index contributed by atoms with van der Waals surface area (Å²) in [5, 5.41) is 12.5. The molecular formula is C15H22N2O2. The van der Waals surface area contributed by atoms with Gasteiger partial charge >= 0.3 is 5.97 Å². The van der Waals surface area contributed by atoms with Crippen LogP contribution in [-0.4, -0.2) is 48.7 Å². The Morgan fingerprint density at radius 3 is 2.63 bits per heavy atom. The molecule has 1 saturated heterocycles. The number of benzene rings is 1. The van der Waals surface area contributed by atoms with E-state index in [0.29, 0.717) is 5.56 Å². The van der Waals surface area contributed by atoms with Gasteiger partial charge in [0.25, 0.3) is 0 Å². The molecule has 2 rings (SSSR count). The lowest BCUT2D eigenvalue weighted by atomic mass is 9.97. The monoisotopic (exact) mass is 262 g/mol. The third-order valence-corrected chi connectivity index (χ3v) is 3.93. The summed E-state index contributed by atoms with van der Waals surface area (Å²) in [6.07, 6.45) is 0.924. The highest BCUT2D eigenvalue weighted by Crippen LogP contribution is 2.17. The lowest BCUT2D eigenvalue weighted by Gasteiger charge is -2.27. The Balaban J connectivity index is 2.08. The fourth-order valence-corrected chi connectivity index (χ4v) is 2.53. The van der Waals surface area contributed by atoms with Gasteiger partial charge < -0.3 is 15.3 Å². The fourth-order valence-electron chi connectivity index (χ4n) is 2.53. The van der Waals surface area contributed by atoms with Crippen molar-refractivity contribution in [1.29, 1.82) is 0 Å². The predicted octanol–water partition coefficient (Wildman–Crippen LogP) is 1.45. The number of carboxylic acid groups (broad SMARTS) is 1. The van der Waals surface area contributed by atoms with E-state index in [1.54, 1.807) is 6.07 Å². The normalized spacial score (nSPS) is 16.5. The summed E-state index contributed by atoms with van der Waals surface area (Å²) in [5.41, 5.74) is 3.85. The standard InChI is InChI=1S/C15H22N2O2/c1-11-9-14(15(18)19)10-13(12(11)2)3-6-17-7-4-16-5-8-17/h9-10,16H,3-8H2,1-2H3,(H,18,19). The lowest BCUT2D eigenvalue weighted by Crippen LogP contribution is -2.44. The molecule has 1 aliphatic heterocycles. The van der Waals surface area contributed by atoms with Crippen LogP contribution in [0.5, 0.6) is 0 Å². The van der Waals surface area contributed by atoms with E-state index in [2.05, 4.69) is 17.1 Å². The van der Waals surface area contributed by atoms with Gasteiger partial charge in [0.05, 0.1) is 5.56 Å². The van der Waals surface area contributed by atoms with Crippen LogP contribution in [0.4, 0.5) is 0 Å². The molecule has 4 heteroatoms. The van der Waals surface area contributed by atoms with Crippen molar-refractivity contribution in [3.63, 3.8) is 0 Å². The number of carboxylic acids is 1. The first-order valence-electron chi connectivity index (χ1n) is 6.84. The summed E-state index contributed by atoms with van der Waals surface area (Å²) in [4.78, 5) is 13.5. The van der Waals surface area contributed by atoms with E-state index in [4.69, 9.17) is 5.11 Å². The van der Waals surface area contributed by atoms with E-state index in [1.807, 2.05) is 13.0 Å². The zero-order chi connectivity index (χ0) is 13.8. The zero-order valence-electron chi connectivity index (χ0n) is 11.7. The third-order valence-electron chi connectivity index (χ3n) is 3.93. The van der Waals surface area contributed by atoms with Gasteiger partial charge in [-0.15, -0.1) is 0 Å². The van der Waals surface area contributed by atoms with Crippen LogP contribution >= 0.6 is 0 Å². The number of aromatic carboxylic acids is 1. The molecule has 4 nitrogen and oxygen atoms in total. The quantitative estimate of drug-likeness (QED) is 0.862. The summed E-state index contributed by atoms with van der Waals surface area (Å²) in [7, 11) is 0. The topological polar surface area (TPSA) is 52.6 Å². The van der Waals surface area contributed by atoms with Crippen molar-refractivity contribution in [3.05, 3.63) is 34.4 Å². The van der Waals surface area contributed by atoms with Crippen molar-refractivity contribution in [2.24, 2.45) is 0 Å². The average Bonchev–Trinajstić information content (AvgIpc) is 2.41. The van der Waals surface area contributed by atoms with Crippen molar-refractivity contribution in [2.45, 2.75) is 20.3 Å². The summed E-state index contributed by atoms with van der Waals surface area (Å²) >= 11 is 0. The molecule has 104 valence electrons. The first-order chi connectivity index (χ1) is 9.08. The molecule has 0 aliphatic carbocycles. The van der Waals surface area contributed by atoms with Crippen LogP contribution in [0.15, 0.2) is 12.1 Å². The van der Waals surface area contributed by atoms with Gasteiger partial charge in [0.15, 0.2) is 0 Å². The first-order valence-corrected chi connectivity index (χ1v) is 6.84. The highest BCUT2D eigenvalue weighted by atomic mass is 16.4. The maximum atomic E-state index is 11.1. The van der Waals surface area contributed by atoms with Gasteiger partial charge in [-0.25, -0.2) is 4.79 Å². The Hall–Kier alpha value is -1.39. The van der Waals surface area contributed by atoms with Crippen molar-refractivity contribution in [3.8, 4) is 0 Å². The molecule has 0 atom stereocenters. The van der Waals surface area contributed by atoms with Gasteiger partial charge in [0.2, 0.25) is 0 Å². The number of carbonyl (C=O) groups is 1. The smallest absolute Gasteiger partial charge is 0.335 e. The predicted molar refractivity (Wildman–Crippen MR) is 75.9 cm³/mol. The van der Waals surface area contributed by atoms with Crippen LogP contribution in [-0.2, 0) is 6.42 Å². The van der Waals surface area contributed by atoms with Crippen molar-refractivity contribution < 1.29 is 9.90 Å². The van der Waals surface area contributed by atoms with E-state index in [0.717, 1.165) is 50.3 Å². The summed E-state index contributed by atoms with van der Waals surface area (Å²) < 4.78 is 0. The van der Waals surface area contributed by atoms with Crippen LogP contribution in [0, 0.1) is 13.8 Å². The number of nitrogens with zero attached hydrogens (tertiary/aromatic N) is 1. The van der Waals surface area contributed by atoms with Crippen LogP contribution in [0.2, 0.25) is 0 Å². The zero-order valence-corrected chi connectivity index (χ0v) is 11.7. The average molecular weight is 262 g/mol. The van der Waals surface area contributed by atoms with Crippen LogP contribution in [0.1, 0.15) is 27.0 Å². The molecule has 1 aromatic carbocycles. The SMILES string of the molecule is Cc1cc(C(=O)O)cc(CCN2CCNCC2)c1C. The highest BCUT2D eigenvalue weighted by molar-refractivity contribution is 5.88. The molecule has 0 radical (unpaired) electrons. The van der Waals surface area contributed by atoms with Crippen LogP contribution in [0.25, 0.3) is 0 Å². The summed E-state index contributed by atoms with van der Waals surface area (Å²) in [6.45, 7) is 9.32. The van der Waals surface area contributed by atoms with Crippen molar-refractivity contribution in [1.82, 2.24) is 10.2 Å². The molecule has 0 spiro atoms. The van der Waals surface area contributed by atoms with E-state index in [1.165, 1.54) is 5.56 Å². The number of rotatable bonds is 4. The van der Waals surface area contributed by atoms with Crippen molar-refractivity contribution >= 4 is 5.97 Å². The van der Waals surface area contributed by atoms with Gasteiger partial charge in [0, 0.05) is 32.7 Å². The fraction of sp³-hybridized carbons (Fsp3) is 0.533. The molecule has 0 amide bonds. The molecule has 0 bridgehead atoms. The molecule has 19 heavy (non-hydrogen) atoms. The van der Waals surface area contributed by atoms with E-state index < -0.39 is 5.97 Å². The Morgan fingerprint density at radius 2 is 2.00 bits per heavy atom. The molecule has 2 N–H and O–H groups in total. The number of hydrogen-bond donors (Lipinski definition) is 2. The largest absolute Gasteiger partial charge is 0.478 e. The number of nitrogens with one attached hydrogen (secondary N) is 1. The second-order valence-corrected chi connectivity index (χ2v) is 5.22. The second-order valence-electron chi connectivity index (χ2n) is 5.22. The minimum Gasteiger partial charge on any atom is -0.478 e. The van der Waals surface area contributed by atoms with Crippen molar-refractivity contribution in [2.75, 3.05) is 32.7 Å². The molecule has 0 unspecified atom stereocenters. The van der Waals surface area contributed by atoms with Gasteiger partial charge in [-0.05, 0) is 49.1 Å². The second kappa shape index (κ2) is 6.17. The minimum atomic E-state index is -0.841. The Bertz CT molecular complexity index is 465. The van der Waals surface area contributed by atoms with E-state index in [9.17, 15) is 4.79 Å². The molecule has 1 fully saturated rings. The minimum absolute atomic E-state index is 0.401. The summed E-state index contributed by atoms with van der Waals surface area (Å²) in [6, 6.07) is 3.58. The maximum Gasteiger partial charge on any atom is 0.335 e. The Labute approximate surface area is 114 Å². The molecule has 0 saturated carbocycles. The van der Waals surface area contributed by atoms with Crippen LogP contribution < -0.4 is 5.32 Å². The molecule has 0 aromatic heterocycles. The van der Waals surface area contributed by atoms with Gasteiger partial charge in [-0.3, -0.25) is 0 Å². The maximum absolute atomic E-state index is 11.1. The molecule has 1 aromatic rings. The number of piperazine rings is 1. The van der Waals surface area contributed by atoms with Gasteiger partial charge in [0.1, 0.15) is 0 Å². The lowest BCUT2D eigenvalue weighted by molar-refractivity contribution is 0.0696. The van der Waals surface area contributed by atoms with Crippen LogP contribution in [0.3, 0.4) is 0 Å². The van der Waals surface area contributed by atoms with Gasteiger partial charge in [-0.2, -0.15) is 0 Å². The van der Waals surface area contributed by atoms with E-state index >= 15 is 0 Å². The number of hydrogen-bond acceptors (Lipinski definition) is 3. The molecule has 1 heterocycles. The third kappa shape index (κ3) is 3.55. The Morgan fingerprint density at radius 1 is 1.32 bits per heavy atom.